The lowest BCUT2D eigenvalue weighted by Crippen LogP contribution is -2.64. The maximum absolute atomic E-state index is 13.8. The van der Waals surface area contributed by atoms with Crippen molar-refractivity contribution in [3.8, 4) is 0 Å². The summed E-state index contributed by atoms with van der Waals surface area (Å²) in [6.07, 6.45) is 4.90. The number of carbonyl (C=O) groups is 3. The van der Waals surface area contributed by atoms with Gasteiger partial charge in [0, 0.05) is 53.7 Å². The first-order valence-electron chi connectivity index (χ1n) is 11.5. The summed E-state index contributed by atoms with van der Waals surface area (Å²) in [5, 5.41) is 2.96. The summed E-state index contributed by atoms with van der Waals surface area (Å²) in [6, 6.07) is 4.03. The van der Waals surface area contributed by atoms with E-state index in [0.717, 1.165) is 25.0 Å². The molecule has 11 heteroatoms. The van der Waals surface area contributed by atoms with Crippen LogP contribution in [0.3, 0.4) is 0 Å². The number of benzene rings is 1. The minimum absolute atomic E-state index is 0.0842. The van der Waals surface area contributed by atoms with Crippen LogP contribution in [-0.2, 0) is 4.79 Å². The number of pyridine rings is 1. The minimum Gasteiger partial charge on any atom is -0.350 e. The number of rotatable bonds is 4. The monoisotopic (exact) mass is 549 g/mol. The van der Waals surface area contributed by atoms with Crippen LogP contribution in [0.1, 0.15) is 52.8 Å². The average Bonchev–Trinajstić information content (AvgIpc) is 2.83. The molecule has 8 nitrogen and oxygen atoms in total. The van der Waals surface area contributed by atoms with Crippen molar-refractivity contribution >= 4 is 33.7 Å². The van der Waals surface area contributed by atoms with E-state index in [0.29, 0.717) is 29.8 Å². The summed E-state index contributed by atoms with van der Waals surface area (Å²) in [6.45, 7) is 0.366. The molecular formula is C24H26BrF2N5O3. The fourth-order valence-electron chi connectivity index (χ4n) is 4.61. The summed E-state index contributed by atoms with van der Waals surface area (Å²) in [5.41, 5.74) is 5.98. The van der Waals surface area contributed by atoms with Crippen LogP contribution in [0, 0.1) is 11.6 Å². The zero-order chi connectivity index (χ0) is 25.1. The number of nitrogens with two attached hydrogens (primary N) is 1. The van der Waals surface area contributed by atoms with Gasteiger partial charge in [0.25, 0.3) is 17.7 Å². The maximum atomic E-state index is 13.8. The van der Waals surface area contributed by atoms with Gasteiger partial charge in [-0.1, -0.05) is 0 Å². The van der Waals surface area contributed by atoms with Crippen LogP contribution in [-0.4, -0.2) is 63.8 Å². The van der Waals surface area contributed by atoms with Gasteiger partial charge in [-0.05, 0) is 66.2 Å². The van der Waals surface area contributed by atoms with Gasteiger partial charge in [-0.15, -0.1) is 0 Å². The van der Waals surface area contributed by atoms with Crippen molar-refractivity contribution in [1.82, 2.24) is 20.1 Å². The van der Waals surface area contributed by atoms with Gasteiger partial charge in [-0.2, -0.15) is 0 Å². The third-order valence-corrected chi connectivity index (χ3v) is 6.76. The Morgan fingerprint density at radius 3 is 2.11 bits per heavy atom. The van der Waals surface area contributed by atoms with Crippen molar-refractivity contribution < 1.29 is 23.2 Å². The Bertz CT molecular complexity index is 1110. The van der Waals surface area contributed by atoms with E-state index in [4.69, 9.17) is 5.73 Å². The van der Waals surface area contributed by atoms with Crippen LogP contribution in [0.5, 0.6) is 0 Å². The second-order valence-electron chi connectivity index (χ2n) is 8.89. The Morgan fingerprint density at radius 2 is 1.51 bits per heavy atom. The molecule has 1 saturated carbocycles. The van der Waals surface area contributed by atoms with Gasteiger partial charge in [0.05, 0.1) is 5.56 Å². The third kappa shape index (κ3) is 5.84. The molecule has 0 spiro atoms. The van der Waals surface area contributed by atoms with E-state index in [2.05, 4.69) is 26.2 Å². The summed E-state index contributed by atoms with van der Waals surface area (Å²) < 4.78 is 28.3. The van der Waals surface area contributed by atoms with Crippen molar-refractivity contribution in [3.05, 3.63) is 63.9 Å². The Balaban J connectivity index is 1.66. The van der Waals surface area contributed by atoms with E-state index in [9.17, 15) is 23.2 Å². The van der Waals surface area contributed by atoms with Gasteiger partial charge in [-0.3, -0.25) is 19.4 Å². The predicted octanol–water partition coefficient (Wildman–Crippen LogP) is 2.82. The second-order valence-corrected chi connectivity index (χ2v) is 9.81. The lowest BCUT2D eigenvalue weighted by atomic mass is 9.91. The molecule has 1 saturated heterocycles. The highest BCUT2D eigenvalue weighted by molar-refractivity contribution is 9.10. The quantitative estimate of drug-likeness (QED) is 0.609. The first-order chi connectivity index (χ1) is 16.7. The molecular weight excluding hydrogens is 524 g/mol. The van der Waals surface area contributed by atoms with Crippen molar-refractivity contribution in [2.24, 2.45) is 5.73 Å². The van der Waals surface area contributed by atoms with Gasteiger partial charge in [0.15, 0.2) is 6.17 Å². The summed E-state index contributed by atoms with van der Waals surface area (Å²) >= 11 is 3.29. The third-order valence-electron chi connectivity index (χ3n) is 6.32. The fourth-order valence-corrected chi connectivity index (χ4v) is 4.97. The normalized spacial score (nSPS) is 22.6. The van der Waals surface area contributed by atoms with E-state index in [1.165, 1.54) is 22.2 Å². The first-order valence-corrected chi connectivity index (χ1v) is 12.3. The first kappa shape index (κ1) is 25.2. The number of halogens is 3. The Morgan fingerprint density at radius 1 is 0.914 bits per heavy atom. The molecule has 4 rings (SSSR count). The van der Waals surface area contributed by atoms with Crippen LogP contribution < -0.4 is 11.1 Å². The van der Waals surface area contributed by atoms with Crippen molar-refractivity contribution in [1.29, 1.82) is 0 Å². The molecule has 2 aliphatic rings. The standard InChI is InChI=1S/C24H26BrF2N5O3/c25-16-8-15(12-29-13-16)24(35)32-7-1-6-31(23(34)14-9-17(26)11-18(27)10-14)22(32)21(33)30-20-4-2-19(28)3-5-20/h8-13,19-20,22H,1-7,28H2,(H,30,33). The van der Waals surface area contributed by atoms with Gasteiger partial charge >= 0.3 is 0 Å². The van der Waals surface area contributed by atoms with E-state index in [-0.39, 0.29) is 36.3 Å². The molecule has 1 aliphatic carbocycles. The van der Waals surface area contributed by atoms with Gasteiger partial charge in [-0.25, -0.2) is 8.78 Å². The number of nitrogens with zero attached hydrogens (tertiary/aromatic N) is 3. The van der Waals surface area contributed by atoms with Crippen LogP contribution in [0.4, 0.5) is 8.78 Å². The lowest BCUT2D eigenvalue weighted by molar-refractivity contribution is -0.133. The molecule has 186 valence electrons. The topological polar surface area (TPSA) is 109 Å². The molecule has 3 N–H and O–H groups in total. The zero-order valence-corrected chi connectivity index (χ0v) is 20.5. The van der Waals surface area contributed by atoms with Crippen molar-refractivity contribution in [3.63, 3.8) is 0 Å². The van der Waals surface area contributed by atoms with Gasteiger partial charge in [0.1, 0.15) is 11.6 Å². The van der Waals surface area contributed by atoms with Crippen molar-refractivity contribution in [2.45, 2.75) is 50.4 Å². The predicted molar refractivity (Wildman–Crippen MR) is 127 cm³/mol. The molecule has 3 amide bonds. The highest BCUT2D eigenvalue weighted by Gasteiger charge is 2.41. The smallest absolute Gasteiger partial charge is 0.264 e. The maximum Gasteiger partial charge on any atom is 0.264 e. The zero-order valence-electron chi connectivity index (χ0n) is 18.9. The molecule has 0 bridgehead atoms. The van der Waals surface area contributed by atoms with E-state index in [1.807, 2.05) is 0 Å². The number of amides is 3. The van der Waals surface area contributed by atoms with Crippen LogP contribution in [0.15, 0.2) is 41.1 Å². The van der Waals surface area contributed by atoms with Gasteiger partial charge < -0.3 is 20.9 Å². The molecule has 0 radical (unpaired) electrons. The Labute approximate surface area is 210 Å². The summed E-state index contributed by atoms with van der Waals surface area (Å²) in [4.78, 5) is 46.8. The van der Waals surface area contributed by atoms with E-state index < -0.39 is 35.5 Å². The van der Waals surface area contributed by atoms with Crippen molar-refractivity contribution in [2.75, 3.05) is 13.1 Å². The summed E-state index contributed by atoms with van der Waals surface area (Å²) in [5.74, 6) is -3.55. The lowest BCUT2D eigenvalue weighted by Gasteiger charge is -2.43. The Kier molecular flexibility index (Phi) is 7.75. The largest absolute Gasteiger partial charge is 0.350 e. The highest BCUT2D eigenvalue weighted by atomic mass is 79.9. The molecule has 1 aromatic carbocycles. The van der Waals surface area contributed by atoms with E-state index >= 15 is 0 Å². The summed E-state index contributed by atoms with van der Waals surface area (Å²) in [7, 11) is 0. The van der Waals surface area contributed by atoms with Crippen LogP contribution >= 0.6 is 15.9 Å². The molecule has 2 fully saturated rings. The number of hydrogen-bond donors (Lipinski definition) is 2. The second kappa shape index (κ2) is 10.8. The Hall–Kier alpha value is -2.92. The minimum atomic E-state index is -1.29. The number of aromatic nitrogens is 1. The number of carbonyl (C=O) groups excluding carboxylic acids is 3. The highest BCUT2D eigenvalue weighted by Crippen LogP contribution is 2.24. The van der Waals surface area contributed by atoms with Crippen LogP contribution in [0.2, 0.25) is 0 Å². The van der Waals surface area contributed by atoms with Gasteiger partial charge in [0.2, 0.25) is 0 Å². The molecule has 1 atom stereocenters. The average molecular weight is 550 g/mol. The van der Waals surface area contributed by atoms with E-state index in [1.54, 1.807) is 6.07 Å². The molecule has 2 aromatic rings. The molecule has 35 heavy (non-hydrogen) atoms. The fraction of sp³-hybridized carbons (Fsp3) is 0.417. The molecule has 1 aliphatic heterocycles. The number of hydrogen-bond acceptors (Lipinski definition) is 5. The van der Waals surface area contributed by atoms with Crippen LogP contribution in [0.25, 0.3) is 0 Å². The molecule has 1 aromatic heterocycles. The SMILES string of the molecule is NC1CCC(NC(=O)C2N(C(=O)c3cc(F)cc(F)c3)CCCN2C(=O)c2cncc(Br)c2)CC1. The number of nitrogens with one attached hydrogen (secondary N) is 1. The molecule has 1 unspecified atom stereocenters. The molecule has 2 heterocycles.